The Kier molecular flexibility index (Phi) is 4.29. The Morgan fingerprint density at radius 2 is 2.19 bits per heavy atom. The normalized spacial score (nSPS) is 12.5. The van der Waals surface area contributed by atoms with Gasteiger partial charge in [-0.2, -0.15) is 5.10 Å². The molecule has 0 atom stereocenters. The van der Waals surface area contributed by atoms with Crippen molar-refractivity contribution in [2.75, 3.05) is 6.79 Å². The van der Waals surface area contributed by atoms with Crippen LogP contribution in [-0.2, 0) is 11.3 Å². The predicted octanol–water partition coefficient (Wildman–Crippen LogP) is 1.72. The zero-order valence-electron chi connectivity index (χ0n) is 13.7. The van der Waals surface area contributed by atoms with E-state index >= 15 is 0 Å². The molecule has 0 spiro atoms. The Bertz CT molecular complexity index is 953. The van der Waals surface area contributed by atoms with E-state index in [0.717, 1.165) is 11.1 Å². The zero-order chi connectivity index (χ0) is 17.8. The maximum absolute atomic E-state index is 12.1. The minimum atomic E-state index is -0.212. The Morgan fingerprint density at radius 3 is 3.08 bits per heavy atom. The van der Waals surface area contributed by atoms with E-state index in [1.165, 1.54) is 12.4 Å². The first-order chi connectivity index (χ1) is 12.8. The molecular weight excluding hydrogens is 334 g/mol. The van der Waals surface area contributed by atoms with E-state index in [0.29, 0.717) is 23.9 Å². The van der Waals surface area contributed by atoms with E-state index in [1.54, 1.807) is 23.3 Å². The third-order valence-corrected chi connectivity index (χ3v) is 3.78. The molecule has 26 heavy (non-hydrogen) atoms. The van der Waals surface area contributed by atoms with Crippen LogP contribution < -0.4 is 14.8 Å². The number of amides is 1. The number of fused-ring (bicyclic) bond motifs is 1. The van der Waals surface area contributed by atoms with Gasteiger partial charge in [-0.05, 0) is 29.8 Å². The Hall–Kier alpha value is -3.68. The van der Waals surface area contributed by atoms with Crippen LogP contribution in [0.3, 0.4) is 0 Å². The number of carbonyl (C=O) groups is 1. The summed E-state index contributed by atoms with van der Waals surface area (Å²) < 4.78 is 12.1. The van der Waals surface area contributed by atoms with E-state index in [2.05, 4.69) is 20.4 Å². The lowest BCUT2D eigenvalue weighted by Crippen LogP contribution is -2.21. The maximum Gasteiger partial charge on any atom is 0.244 e. The molecule has 0 unspecified atom stereocenters. The summed E-state index contributed by atoms with van der Waals surface area (Å²) in [5.74, 6) is 1.81. The summed E-state index contributed by atoms with van der Waals surface area (Å²) in [5, 5.41) is 6.91. The van der Waals surface area contributed by atoms with Crippen molar-refractivity contribution in [1.29, 1.82) is 0 Å². The van der Waals surface area contributed by atoms with Gasteiger partial charge >= 0.3 is 0 Å². The largest absolute Gasteiger partial charge is 0.454 e. The average molecular weight is 349 g/mol. The van der Waals surface area contributed by atoms with Gasteiger partial charge < -0.3 is 14.8 Å². The van der Waals surface area contributed by atoms with Crippen LogP contribution in [0, 0.1) is 0 Å². The van der Waals surface area contributed by atoms with E-state index in [4.69, 9.17) is 9.47 Å². The molecule has 1 aliphatic heterocycles. The van der Waals surface area contributed by atoms with Gasteiger partial charge in [0, 0.05) is 24.4 Å². The molecule has 0 saturated heterocycles. The van der Waals surface area contributed by atoms with Crippen LogP contribution in [0.25, 0.3) is 11.9 Å². The van der Waals surface area contributed by atoms with Gasteiger partial charge in [0.1, 0.15) is 12.7 Å². The molecule has 3 heterocycles. The lowest BCUT2D eigenvalue weighted by atomic mass is 10.2. The summed E-state index contributed by atoms with van der Waals surface area (Å²) in [6.07, 6.45) is 7.86. The summed E-state index contributed by atoms with van der Waals surface area (Å²) in [4.78, 5) is 20.3. The SMILES string of the molecule is O=C(/C=C\c1ccc2c(c1)OCO2)NCc1cccnc1-n1cncn1. The second-order valence-electron chi connectivity index (χ2n) is 5.49. The minimum absolute atomic E-state index is 0.212. The van der Waals surface area contributed by atoms with Gasteiger partial charge in [0.25, 0.3) is 0 Å². The molecule has 1 N–H and O–H groups in total. The molecule has 3 aromatic rings. The number of hydrogen-bond acceptors (Lipinski definition) is 6. The maximum atomic E-state index is 12.1. The van der Waals surface area contributed by atoms with E-state index in [-0.39, 0.29) is 12.7 Å². The van der Waals surface area contributed by atoms with Crippen LogP contribution in [-0.4, -0.2) is 32.4 Å². The molecule has 0 saturated carbocycles. The lowest BCUT2D eigenvalue weighted by Gasteiger charge is -2.08. The second kappa shape index (κ2) is 7.06. The Balaban J connectivity index is 1.40. The van der Waals surface area contributed by atoms with Crippen molar-refractivity contribution in [3.8, 4) is 17.3 Å². The van der Waals surface area contributed by atoms with Crippen molar-refractivity contribution < 1.29 is 14.3 Å². The van der Waals surface area contributed by atoms with Gasteiger partial charge in [0.05, 0.1) is 0 Å². The van der Waals surface area contributed by atoms with Gasteiger partial charge in [-0.25, -0.2) is 14.6 Å². The van der Waals surface area contributed by atoms with Gasteiger partial charge in [-0.1, -0.05) is 12.1 Å². The number of nitrogens with zero attached hydrogens (tertiary/aromatic N) is 4. The number of ether oxygens (including phenoxy) is 2. The molecule has 1 aromatic carbocycles. The first kappa shape index (κ1) is 15.8. The second-order valence-corrected chi connectivity index (χ2v) is 5.49. The molecule has 8 heteroatoms. The topological polar surface area (TPSA) is 91.2 Å². The molecule has 1 aliphatic rings. The fourth-order valence-electron chi connectivity index (χ4n) is 2.52. The summed E-state index contributed by atoms with van der Waals surface area (Å²) in [7, 11) is 0. The van der Waals surface area contributed by atoms with Crippen LogP contribution in [0.5, 0.6) is 11.5 Å². The summed E-state index contributed by atoms with van der Waals surface area (Å²) in [5.41, 5.74) is 1.69. The highest BCUT2D eigenvalue weighted by Gasteiger charge is 2.12. The summed E-state index contributed by atoms with van der Waals surface area (Å²) in [6.45, 7) is 0.551. The first-order valence-electron chi connectivity index (χ1n) is 7.94. The van der Waals surface area contributed by atoms with Crippen LogP contribution in [0.4, 0.5) is 0 Å². The molecule has 0 fully saturated rings. The van der Waals surface area contributed by atoms with Crippen molar-refractivity contribution in [2.24, 2.45) is 0 Å². The molecule has 0 aliphatic carbocycles. The molecule has 4 rings (SSSR count). The summed E-state index contributed by atoms with van der Waals surface area (Å²) >= 11 is 0. The van der Waals surface area contributed by atoms with Crippen LogP contribution in [0.15, 0.2) is 55.3 Å². The number of carbonyl (C=O) groups excluding carboxylic acids is 1. The van der Waals surface area contributed by atoms with Gasteiger partial charge in [0.2, 0.25) is 12.7 Å². The van der Waals surface area contributed by atoms with E-state index in [1.807, 2.05) is 30.3 Å². The standard InChI is InChI=1S/C18H15N5O3/c24-17(6-4-13-3-5-15-16(8-13)26-12-25-15)21-9-14-2-1-7-20-18(14)23-11-19-10-22-23/h1-8,10-11H,9,12H2,(H,21,24)/b6-4-. The monoisotopic (exact) mass is 349 g/mol. The van der Waals surface area contributed by atoms with Gasteiger partial charge in [0.15, 0.2) is 17.3 Å². The molecule has 8 nitrogen and oxygen atoms in total. The highest BCUT2D eigenvalue weighted by molar-refractivity contribution is 5.91. The first-order valence-corrected chi connectivity index (χ1v) is 7.94. The highest BCUT2D eigenvalue weighted by atomic mass is 16.7. The highest BCUT2D eigenvalue weighted by Crippen LogP contribution is 2.32. The van der Waals surface area contributed by atoms with Crippen molar-refractivity contribution in [3.63, 3.8) is 0 Å². The Morgan fingerprint density at radius 1 is 1.27 bits per heavy atom. The van der Waals surface area contributed by atoms with Gasteiger partial charge in [-0.15, -0.1) is 0 Å². The van der Waals surface area contributed by atoms with E-state index < -0.39 is 0 Å². The third kappa shape index (κ3) is 3.39. The van der Waals surface area contributed by atoms with E-state index in [9.17, 15) is 4.79 Å². The van der Waals surface area contributed by atoms with Crippen molar-refractivity contribution in [2.45, 2.75) is 6.54 Å². The van der Waals surface area contributed by atoms with Crippen LogP contribution in [0.1, 0.15) is 11.1 Å². The number of rotatable bonds is 5. The smallest absolute Gasteiger partial charge is 0.244 e. The molecule has 0 radical (unpaired) electrons. The van der Waals surface area contributed by atoms with Crippen molar-refractivity contribution in [1.82, 2.24) is 25.1 Å². The van der Waals surface area contributed by atoms with Crippen LogP contribution in [0.2, 0.25) is 0 Å². The van der Waals surface area contributed by atoms with Crippen molar-refractivity contribution >= 4 is 12.0 Å². The molecule has 1 amide bonds. The molecule has 2 aromatic heterocycles. The third-order valence-electron chi connectivity index (χ3n) is 3.78. The average Bonchev–Trinajstić information content (AvgIpc) is 3.36. The van der Waals surface area contributed by atoms with Crippen LogP contribution >= 0.6 is 0 Å². The van der Waals surface area contributed by atoms with Crippen molar-refractivity contribution in [3.05, 3.63) is 66.4 Å². The lowest BCUT2D eigenvalue weighted by molar-refractivity contribution is -0.116. The molecule has 0 bridgehead atoms. The number of benzene rings is 1. The van der Waals surface area contributed by atoms with Gasteiger partial charge in [-0.3, -0.25) is 4.79 Å². The predicted molar refractivity (Wildman–Crippen MR) is 92.6 cm³/mol. The number of hydrogen-bond donors (Lipinski definition) is 1. The number of pyridine rings is 1. The fraction of sp³-hybridized carbons (Fsp3) is 0.111. The quantitative estimate of drug-likeness (QED) is 0.705. The summed E-state index contributed by atoms with van der Waals surface area (Å²) in [6, 6.07) is 9.20. The number of aromatic nitrogens is 4. The molecular formula is C18H15N5O3. The zero-order valence-corrected chi connectivity index (χ0v) is 13.7. The fourth-order valence-corrected chi connectivity index (χ4v) is 2.52. The minimum Gasteiger partial charge on any atom is -0.454 e. The molecule has 130 valence electrons. The Labute approximate surface area is 149 Å². The number of nitrogens with one attached hydrogen (secondary N) is 1.